The van der Waals surface area contributed by atoms with Gasteiger partial charge in [0.2, 0.25) is 0 Å². The topological polar surface area (TPSA) is 126 Å². The van der Waals surface area contributed by atoms with Gasteiger partial charge in [-0.15, -0.1) is 0 Å². The number of sulfonamides is 2. The summed E-state index contributed by atoms with van der Waals surface area (Å²) in [6.45, 7) is 0. The van der Waals surface area contributed by atoms with Crippen molar-refractivity contribution in [3.63, 3.8) is 0 Å². The van der Waals surface area contributed by atoms with Gasteiger partial charge in [0.25, 0.3) is 20.0 Å². The first kappa shape index (κ1) is 31.9. The third kappa shape index (κ3) is 8.76. The molecule has 0 amide bonds. The first-order valence-electron chi connectivity index (χ1n) is 12.0. The van der Waals surface area contributed by atoms with Gasteiger partial charge >= 0.3 is 0 Å². The predicted molar refractivity (Wildman–Crippen MR) is 171 cm³/mol. The number of halogens is 2. The van der Waals surface area contributed by atoms with E-state index in [9.17, 15) is 26.4 Å². The molecular formula is C28H22Cl2N2O6S4. The van der Waals surface area contributed by atoms with Gasteiger partial charge in [-0.25, -0.2) is 16.8 Å². The van der Waals surface area contributed by atoms with Gasteiger partial charge in [-0.1, -0.05) is 69.1 Å². The SMILES string of the molecule is O=C(CSSCC(=O)c1cccc(NS(=O)(=O)c2ccc(Cl)cc2)c1)c1cccc(NS(=O)(=O)c2ccc(Cl)cc2)c1. The molecule has 0 saturated heterocycles. The number of benzene rings is 4. The van der Waals surface area contributed by atoms with Crippen LogP contribution in [0, 0.1) is 0 Å². The molecule has 4 rings (SSSR count). The Kier molecular flexibility index (Phi) is 10.6. The van der Waals surface area contributed by atoms with Crippen LogP contribution in [0.5, 0.6) is 0 Å². The van der Waals surface area contributed by atoms with Crippen LogP contribution in [-0.2, 0) is 20.0 Å². The molecule has 0 saturated carbocycles. The third-order valence-corrected chi connectivity index (χ3v) is 11.0. The number of hydrogen-bond acceptors (Lipinski definition) is 8. The summed E-state index contributed by atoms with van der Waals surface area (Å²) in [5.41, 5.74) is 1.09. The van der Waals surface area contributed by atoms with Crippen molar-refractivity contribution in [3.8, 4) is 0 Å². The number of hydrogen-bond donors (Lipinski definition) is 2. The number of anilines is 2. The fraction of sp³-hybridized carbons (Fsp3) is 0.0714. The number of carbonyl (C=O) groups excluding carboxylic acids is 2. The van der Waals surface area contributed by atoms with Crippen LogP contribution in [-0.4, -0.2) is 39.9 Å². The molecule has 218 valence electrons. The molecule has 8 nitrogen and oxygen atoms in total. The molecule has 4 aromatic carbocycles. The first-order chi connectivity index (χ1) is 19.9. The molecule has 0 radical (unpaired) electrons. The van der Waals surface area contributed by atoms with Gasteiger partial charge < -0.3 is 0 Å². The lowest BCUT2D eigenvalue weighted by atomic mass is 10.1. The van der Waals surface area contributed by atoms with Crippen molar-refractivity contribution >= 4 is 87.8 Å². The summed E-state index contributed by atoms with van der Waals surface area (Å²) < 4.78 is 55.4. The molecule has 0 aromatic heterocycles. The number of rotatable bonds is 13. The van der Waals surface area contributed by atoms with Gasteiger partial charge in [-0.05, 0) is 72.8 Å². The van der Waals surface area contributed by atoms with Crippen molar-refractivity contribution in [3.05, 3.63) is 118 Å². The lowest BCUT2D eigenvalue weighted by molar-refractivity contribution is 0.101. The van der Waals surface area contributed by atoms with Gasteiger partial charge in [0.05, 0.1) is 21.3 Å². The lowest BCUT2D eigenvalue weighted by Crippen LogP contribution is -2.13. The molecule has 0 bridgehead atoms. The second-order valence-electron chi connectivity index (χ2n) is 8.65. The van der Waals surface area contributed by atoms with E-state index < -0.39 is 20.0 Å². The van der Waals surface area contributed by atoms with Crippen LogP contribution >= 0.6 is 44.8 Å². The molecule has 0 spiro atoms. The highest BCUT2D eigenvalue weighted by atomic mass is 35.5. The van der Waals surface area contributed by atoms with Gasteiger partial charge in [0.15, 0.2) is 11.6 Å². The van der Waals surface area contributed by atoms with Crippen LogP contribution in [0.3, 0.4) is 0 Å². The summed E-state index contributed by atoms with van der Waals surface area (Å²) in [7, 11) is -5.37. The summed E-state index contributed by atoms with van der Waals surface area (Å²) in [6.07, 6.45) is 0. The highest BCUT2D eigenvalue weighted by Gasteiger charge is 2.17. The summed E-state index contributed by atoms with van der Waals surface area (Å²) in [6, 6.07) is 23.7. The zero-order valence-corrected chi connectivity index (χ0v) is 26.3. The third-order valence-electron chi connectivity index (χ3n) is 5.58. The summed E-state index contributed by atoms with van der Waals surface area (Å²) in [5.74, 6) is -0.393. The molecule has 0 fully saturated rings. The Morgan fingerprint density at radius 3 is 1.29 bits per heavy atom. The van der Waals surface area contributed by atoms with Crippen molar-refractivity contribution in [2.75, 3.05) is 20.9 Å². The minimum absolute atomic E-state index is 0.0322. The van der Waals surface area contributed by atoms with E-state index in [1.807, 2.05) is 0 Å². The highest BCUT2D eigenvalue weighted by Crippen LogP contribution is 2.26. The monoisotopic (exact) mass is 680 g/mol. The number of ketones is 2. The highest BCUT2D eigenvalue weighted by molar-refractivity contribution is 8.77. The second kappa shape index (κ2) is 14.0. The van der Waals surface area contributed by atoms with E-state index in [-0.39, 0.29) is 44.2 Å². The fourth-order valence-electron chi connectivity index (χ4n) is 3.52. The average Bonchev–Trinajstić information content (AvgIpc) is 2.95. The van der Waals surface area contributed by atoms with Gasteiger partial charge in [0.1, 0.15) is 0 Å². The van der Waals surface area contributed by atoms with Crippen molar-refractivity contribution in [1.29, 1.82) is 0 Å². The second-order valence-corrected chi connectivity index (χ2v) is 15.4. The van der Waals surface area contributed by atoms with Crippen LogP contribution in [0.15, 0.2) is 107 Å². The van der Waals surface area contributed by atoms with E-state index in [1.54, 1.807) is 24.3 Å². The summed E-state index contributed by atoms with van der Waals surface area (Å²) in [5, 5.41) is 0.815. The Morgan fingerprint density at radius 1 is 0.571 bits per heavy atom. The Balaban J connectivity index is 1.29. The molecule has 14 heteroatoms. The largest absolute Gasteiger partial charge is 0.293 e. The van der Waals surface area contributed by atoms with Crippen molar-refractivity contribution in [1.82, 2.24) is 0 Å². The Labute approximate surface area is 261 Å². The number of nitrogens with one attached hydrogen (secondary N) is 2. The maximum atomic E-state index is 12.7. The van der Waals surface area contributed by atoms with Crippen molar-refractivity contribution in [2.24, 2.45) is 0 Å². The van der Waals surface area contributed by atoms with E-state index in [2.05, 4.69) is 9.44 Å². The molecule has 0 aliphatic rings. The molecular weight excluding hydrogens is 659 g/mol. The number of carbonyl (C=O) groups is 2. The fourth-order valence-corrected chi connectivity index (χ4v) is 7.73. The van der Waals surface area contributed by atoms with E-state index in [0.717, 1.165) is 0 Å². The van der Waals surface area contributed by atoms with Gasteiger partial charge in [-0.2, -0.15) is 0 Å². The first-order valence-corrected chi connectivity index (χ1v) is 18.2. The Hall–Kier alpha value is -3.00. The van der Waals surface area contributed by atoms with Crippen LogP contribution in [0.2, 0.25) is 10.0 Å². The maximum Gasteiger partial charge on any atom is 0.261 e. The molecule has 42 heavy (non-hydrogen) atoms. The molecule has 2 N–H and O–H groups in total. The molecule has 4 aromatic rings. The van der Waals surface area contributed by atoms with Crippen LogP contribution in [0.4, 0.5) is 11.4 Å². The quantitative estimate of drug-likeness (QED) is 0.0875. The van der Waals surface area contributed by atoms with E-state index >= 15 is 0 Å². The van der Waals surface area contributed by atoms with E-state index in [0.29, 0.717) is 21.2 Å². The standard InChI is InChI=1S/C28H22Cl2N2O6S4/c29-21-7-11-25(12-8-21)41(35,36)31-23-5-1-3-19(15-23)27(33)17-39-40-18-28(34)20-4-2-6-24(16-20)32-42(37,38)26-13-9-22(30)10-14-26/h1-16,31-32H,17-18H2. The Bertz CT molecular complexity index is 1680. The van der Waals surface area contributed by atoms with Crippen molar-refractivity contribution < 1.29 is 26.4 Å². The molecule has 0 aliphatic heterocycles. The van der Waals surface area contributed by atoms with Crippen LogP contribution in [0.25, 0.3) is 0 Å². The zero-order valence-electron chi connectivity index (χ0n) is 21.5. The molecule has 0 atom stereocenters. The van der Waals surface area contributed by atoms with E-state index in [4.69, 9.17) is 23.2 Å². The minimum Gasteiger partial charge on any atom is -0.293 e. The molecule has 0 unspecified atom stereocenters. The van der Waals surface area contributed by atoms with E-state index in [1.165, 1.54) is 94.4 Å². The Morgan fingerprint density at radius 2 is 0.929 bits per heavy atom. The normalized spacial score (nSPS) is 11.6. The smallest absolute Gasteiger partial charge is 0.261 e. The maximum absolute atomic E-state index is 12.7. The summed E-state index contributed by atoms with van der Waals surface area (Å²) >= 11 is 11.7. The number of Topliss-reactive ketones (excluding diaryl/α,β-unsaturated/α-hetero) is 2. The van der Waals surface area contributed by atoms with Gasteiger partial charge in [-0.3, -0.25) is 19.0 Å². The molecule has 0 aliphatic carbocycles. The average molecular weight is 682 g/mol. The summed E-state index contributed by atoms with van der Waals surface area (Å²) in [4.78, 5) is 25.5. The predicted octanol–water partition coefficient (Wildman–Crippen LogP) is 7.04. The lowest BCUT2D eigenvalue weighted by Gasteiger charge is -2.10. The molecule has 0 heterocycles. The minimum atomic E-state index is -3.87. The zero-order chi connectivity index (χ0) is 30.3. The van der Waals surface area contributed by atoms with Crippen molar-refractivity contribution in [2.45, 2.75) is 9.79 Å². The van der Waals surface area contributed by atoms with Crippen LogP contribution in [0.1, 0.15) is 20.7 Å². The van der Waals surface area contributed by atoms with Gasteiger partial charge in [0, 0.05) is 32.5 Å². The van der Waals surface area contributed by atoms with Crippen LogP contribution < -0.4 is 9.44 Å².